The fourth-order valence-electron chi connectivity index (χ4n) is 2.40. The molecule has 1 heterocycles. The molecule has 25 heavy (non-hydrogen) atoms. The van der Waals surface area contributed by atoms with E-state index in [1.54, 1.807) is 13.3 Å². The van der Waals surface area contributed by atoms with Crippen LogP contribution in [0.3, 0.4) is 0 Å². The van der Waals surface area contributed by atoms with Crippen LogP contribution in [-0.4, -0.2) is 28.3 Å². The van der Waals surface area contributed by atoms with Gasteiger partial charge in [0.2, 0.25) is 5.91 Å². The predicted molar refractivity (Wildman–Crippen MR) is 100 cm³/mol. The van der Waals surface area contributed by atoms with E-state index in [2.05, 4.69) is 4.98 Å². The molecule has 3 rings (SSSR count). The highest BCUT2D eigenvalue weighted by atomic mass is 35.5. The molecule has 0 fully saturated rings. The number of nitrogens with zero attached hydrogens (tertiary/aromatic N) is 2. The van der Waals surface area contributed by atoms with Gasteiger partial charge in [-0.15, -0.1) is 0 Å². The second-order valence-corrected chi connectivity index (χ2v) is 6.60. The first-order valence-electron chi connectivity index (χ1n) is 7.47. The van der Waals surface area contributed by atoms with Gasteiger partial charge in [0.25, 0.3) is 0 Å². The maximum Gasteiger partial charge on any atom is 0.227 e. The number of amides is 1. The van der Waals surface area contributed by atoms with Crippen molar-refractivity contribution in [3.63, 3.8) is 0 Å². The lowest BCUT2D eigenvalue weighted by Crippen LogP contribution is -2.13. The Morgan fingerprint density at radius 2 is 2.04 bits per heavy atom. The Hall–Kier alpha value is -2.44. The van der Waals surface area contributed by atoms with Gasteiger partial charge in [0.1, 0.15) is 5.75 Å². The van der Waals surface area contributed by atoms with Crippen LogP contribution in [0.4, 0.5) is 0 Å². The summed E-state index contributed by atoms with van der Waals surface area (Å²) in [6.45, 7) is 0. The van der Waals surface area contributed by atoms with E-state index in [4.69, 9.17) is 22.1 Å². The molecular weight excluding hydrogens is 358 g/mol. The number of halogens is 1. The molecule has 0 unspecified atom stereocenters. The van der Waals surface area contributed by atoms with Gasteiger partial charge in [0.15, 0.2) is 5.16 Å². The molecule has 2 N–H and O–H groups in total. The SMILES string of the molecule is COc1ccc(-c2cnc(SCC(N)=O)n2-c2cccc(Cl)c2)cc1. The molecule has 0 spiro atoms. The molecule has 0 bridgehead atoms. The number of methoxy groups -OCH3 is 1. The van der Waals surface area contributed by atoms with Crippen LogP contribution < -0.4 is 10.5 Å². The first-order chi connectivity index (χ1) is 12.1. The van der Waals surface area contributed by atoms with E-state index >= 15 is 0 Å². The summed E-state index contributed by atoms with van der Waals surface area (Å²) in [7, 11) is 1.63. The number of carbonyl (C=O) groups excluding carboxylic acids is 1. The molecule has 0 saturated carbocycles. The summed E-state index contributed by atoms with van der Waals surface area (Å²) < 4.78 is 7.17. The normalized spacial score (nSPS) is 10.6. The summed E-state index contributed by atoms with van der Waals surface area (Å²) in [4.78, 5) is 15.6. The summed E-state index contributed by atoms with van der Waals surface area (Å²) in [5, 5.41) is 1.30. The molecule has 0 atom stereocenters. The third-order valence-electron chi connectivity index (χ3n) is 3.53. The monoisotopic (exact) mass is 373 g/mol. The number of hydrogen-bond donors (Lipinski definition) is 1. The van der Waals surface area contributed by atoms with Crippen molar-refractivity contribution in [3.05, 3.63) is 59.8 Å². The Labute approximate surface area is 154 Å². The Balaban J connectivity index is 2.09. The number of nitrogens with two attached hydrogens (primary N) is 1. The lowest BCUT2D eigenvalue weighted by molar-refractivity contribution is -0.115. The fourth-order valence-corrected chi connectivity index (χ4v) is 3.32. The van der Waals surface area contributed by atoms with Gasteiger partial charge < -0.3 is 10.5 Å². The minimum atomic E-state index is -0.392. The highest BCUT2D eigenvalue weighted by molar-refractivity contribution is 7.99. The summed E-state index contributed by atoms with van der Waals surface area (Å²) in [5.41, 5.74) is 7.99. The number of ether oxygens (including phenoxy) is 1. The van der Waals surface area contributed by atoms with Gasteiger partial charge in [-0.2, -0.15) is 0 Å². The van der Waals surface area contributed by atoms with Gasteiger partial charge in [0.05, 0.1) is 24.8 Å². The van der Waals surface area contributed by atoms with Crippen LogP contribution in [0.15, 0.2) is 59.9 Å². The quantitative estimate of drug-likeness (QED) is 0.667. The third-order valence-corrected chi connectivity index (χ3v) is 4.74. The fraction of sp³-hybridized carbons (Fsp3) is 0.111. The van der Waals surface area contributed by atoms with Crippen molar-refractivity contribution >= 4 is 29.3 Å². The predicted octanol–water partition coefficient (Wildman–Crippen LogP) is 3.78. The molecule has 3 aromatic rings. The van der Waals surface area contributed by atoms with Crippen molar-refractivity contribution in [1.29, 1.82) is 0 Å². The minimum Gasteiger partial charge on any atom is -0.497 e. The van der Waals surface area contributed by atoms with Gasteiger partial charge in [-0.05, 0) is 42.5 Å². The van der Waals surface area contributed by atoms with Crippen molar-refractivity contribution in [2.45, 2.75) is 5.16 Å². The highest BCUT2D eigenvalue weighted by Gasteiger charge is 2.15. The van der Waals surface area contributed by atoms with E-state index in [1.807, 2.05) is 53.1 Å². The maximum atomic E-state index is 11.2. The Morgan fingerprint density at radius 1 is 1.28 bits per heavy atom. The topological polar surface area (TPSA) is 70.1 Å². The number of benzene rings is 2. The molecule has 1 amide bonds. The van der Waals surface area contributed by atoms with Gasteiger partial charge in [-0.1, -0.05) is 29.4 Å². The summed E-state index contributed by atoms with van der Waals surface area (Å²) in [6.07, 6.45) is 1.77. The van der Waals surface area contributed by atoms with E-state index in [0.717, 1.165) is 22.7 Å². The van der Waals surface area contributed by atoms with Crippen molar-refractivity contribution in [2.24, 2.45) is 5.73 Å². The third kappa shape index (κ3) is 3.97. The molecule has 0 aliphatic heterocycles. The summed E-state index contributed by atoms with van der Waals surface area (Å²) in [6, 6.07) is 15.2. The number of thioether (sulfide) groups is 1. The van der Waals surface area contributed by atoms with Crippen LogP contribution in [0, 0.1) is 0 Å². The molecule has 2 aromatic carbocycles. The number of carbonyl (C=O) groups is 1. The second-order valence-electron chi connectivity index (χ2n) is 5.22. The number of aromatic nitrogens is 2. The van der Waals surface area contributed by atoms with Crippen LogP contribution in [0.2, 0.25) is 5.02 Å². The molecule has 7 heteroatoms. The highest BCUT2D eigenvalue weighted by Crippen LogP contribution is 2.31. The first kappa shape index (κ1) is 17.4. The average molecular weight is 374 g/mol. The molecular formula is C18H16ClN3O2S. The van der Waals surface area contributed by atoms with Crippen LogP contribution in [0.1, 0.15) is 0 Å². The molecule has 0 aliphatic carbocycles. The lowest BCUT2D eigenvalue weighted by atomic mass is 10.1. The summed E-state index contributed by atoms with van der Waals surface area (Å²) in [5.74, 6) is 0.539. The molecule has 128 valence electrons. The molecule has 0 aliphatic rings. The largest absolute Gasteiger partial charge is 0.497 e. The van der Waals surface area contributed by atoms with Crippen LogP contribution in [0.5, 0.6) is 5.75 Å². The smallest absolute Gasteiger partial charge is 0.227 e. The van der Waals surface area contributed by atoms with Gasteiger partial charge in [-0.3, -0.25) is 9.36 Å². The van der Waals surface area contributed by atoms with Crippen molar-refractivity contribution in [2.75, 3.05) is 12.9 Å². The van der Waals surface area contributed by atoms with E-state index in [1.165, 1.54) is 11.8 Å². The Bertz CT molecular complexity index is 894. The van der Waals surface area contributed by atoms with Gasteiger partial charge in [0, 0.05) is 16.3 Å². The zero-order chi connectivity index (χ0) is 17.8. The Kier molecular flexibility index (Phi) is 5.31. The average Bonchev–Trinajstić information content (AvgIpc) is 3.04. The minimum absolute atomic E-state index is 0.152. The van der Waals surface area contributed by atoms with Crippen LogP contribution in [-0.2, 0) is 4.79 Å². The maximum absolute atomic E-state index is 11.2. The number of imidazole rings is 1. The number of primary amides is 1. The molecule has 5 nitrogen and oxygen atoms in total. The van der Waals surface area contributed by atoms with Crippen molar-refractivity contribution in [1.82, 2.24) is 9.55 Å². The number of rotatable bonds is 6. The summed E-state index contributed by atoms with van der Waals surface area (Å²) >= 11 is 7.44. The zero-order valence-electron chi connectivity index (χ0n) is 13.5. The van der Waals surface area contributed by atoms with E-state index in [-0.39, 0.29) is 5.75 Å². The van der Waals surface area contributed by atoms with E-state index < -0.39 is 5.91 Å². The lowest BCUT2D eigenvalue weighted by Gasteiger charge is -2.12. The molecule has 0 saturated heterocycles. The standard InChI is InChI=1S/C18H16ClN3O2S/c1-24-15-7-5-12(6-8-15)16-10-21-18(25-11-17(20)23)22(16)14-4-2-3-13(19)9-14/h2-10H,11H2,1H3,(H2,20,23). The Morgan fingerprint density at radius 3 is 2.68 bits per heavy atom. The molecule has 0 radical (unpaired) electrons. The van der Waals surface area contributed by atoms with Crippen molar-refractivity contribution in [3.8, 4) is 22.7 Å². The number of hydrogen-bond acceptors (Lipinski definition) is 4. The van der Waals surface area contributed by atoms with Crippen LogP contribution >= 0.6 is 23.4 Å². The zero-order valence-corrected chi connectivity index (χ0v) is 15.1. The van der Waals surface area contributed by atoms with Crippen LogP contribution in [0.25, 0.3) is 16.9 Å². The second kappa shape index (κ2) is 7.63. The molecule has 1 aromatic heterocycles. The van der Waals surface area contributed by atoms with E-state index in [0.29, 0.717) is 10.2 Å². The van der Waals surface area contributed by atoms with E-state index in [9.17, 15) is 4.79 Å². The van der Waals surface area contributed by atoms with Gasteiger partial charge in [-0.25, -0.2) is 4.98 Å². The van der Waals surface area contributed by atoms with Crippen molar-refractivity contribution < 1.29 is 9.53 Å². The first-order valence-corrected chi connectivity index (χ1v) is 8.84. The van der Waals surface area contributed by atoms with Gasteiger partial charge >= 0.3 is 0 Å².